The Bertz CT molecular complexity index is 278. The molecule has 1 aliphatic rings. The number of nitrogens with zero attached hydrogens (tertiary/aromatic N) is 1. The average molecular weight is 148 g/mol. The molecule has 1 aliphatic heterocycles. The van der Waals surface area contributed by atoms with E-state index in [0.29, 0.717) is 0 Å². The monoisotopic (exact) mass is 148 g/mol. The Hall–Kier alpha value is -1.40. The summed E-state index contributed by atoms with van der Waals surface area (Å²) in [5, 5.41) is 0. The molecule has 0 atom stereocenters. The predicted octanol–water partition coefficient (Wildman–Crippen LogP) is 0.897. The summed E-state index contributed by atoms with van der Waals surface area (Å²) in [7, 11) is 1.97. The van der Waals surface area contributed by atoms with Crippen LogP contribution in [0, 0.1) is 0 Å². The van der Waals surface area contributed by atoms with E-state index in [1.54, 1.807) is 0 Å². The lowest BCUT2D eigenvalue weighted by atomic mass is 10.2. The highest BCUT2D eigenvalue weighted by Crippen LogP contribution is 2.02. The third-order valence-corrected chi connectivity index (χ3v) is 1.45. The first-order valence-corrected chi connectivity index (χ1v) is 3.46. The van der Waals surface area contributed by atoms with Crippen LogP contribution in [0.4, 0.5) is 0 Å². The number of rotatable bonds is 1. The fourth-order valence-corrected chi connectivity index (χ4v) is 0.827. The molecule has 0 bridgehead atoms. The highest BCUT2D eigenvalue weighted by Gasteiger charge is 2.00. The molecule has 0 aromatic rings. The maximum atomic E-state index is 9.94. The highest BCUT2D eigenvalue weighted by molar-refractivity contribution is 5.66. The van der Waals surface area contributed by atoms with Gasteiger partial charge in [-0.3, -0.25) is 4.79 Å². The molecule has 2 heteroatoms. The SMILES string of the molecule is C[N+]1=CCC(=C=CC=O)C=C1. The molecule has 0 radical (unpaired) electrons. The van der Waals surface area contributed by atoms with Crippen LogP contribution >= 0.6 is 0 Å². The number of allylic oxidation sites excluding steroid dienone is 2. The summed E-state index contributed by atoms with van der Waals surface area (Å²) in [5.41, 5.74) is 3.91. The summed E-state index contributed by atoms with van der Waals surface area (Å²) < 4.78 is 1.98. The lowest BCUT2D eigenvalue weighted by Crippen LogP contribution is -2.02. The molecular weight excluding hydrogens is 138 g/mol. The zero-order valence-corrected chi connectivity index (χ0v) is 6.45. The molecule has 2 nitrogen and oxygen atoms in total. The second-order valence-corrected chi connectivity index (χ2v) is 2.34. The fraction of sp³-hybridized carbons (Fsp3) is 0.222. The van der Waals surface area contributed by atoms with Crippen molar-refractivity contribution in [1.29, 1.82) is 0 Å². The van der Waals surface area contributed by atoms with Crippen molar-refractivity contribution in [1.82, 2.24) is 0 Å². The van der Waals surface area contributed by atoms with Crippen LogP contribution in [0.3, 0.4) is 0 Å². The van der Waals surface area contributed by atoms with Crippen LogP contribution < -0.4 is 0 Å². The minimum atomic E-state index is 0.735. The molecule has 0 N–H and O–H groups in total. The molecular formula is C9H10NO+. The van der Waals surface area contributed by atoms with E-state index in [9.17, 15) is 4.79 Å². The van der Waals surface area contributed by atoms with E-state index in [2.05, 4.69) is 5.73 Å². The van der Waals surface area contributed by atoms with Crippen molar-refractivity contribution in [2.45, 2.75) is 6.42 Å². The van der Waals surface area contributed by atoms with Crippen molar-refractivity contribution in [2.24, 2.45) is 0 Å². The maximum absolute atomic E-state index is 9.94. The number of hydrogen-bond donors (Lipinski definition) is 0. The van der Waals surface area contributed by atoms with Gasteiger partial charge < -0.3 is 0 Å². The molecule has 1 heterocycles. The van der Waals surface area contributed by atoms with Gasteiger partial charge in [0.25, 0.3) is 0 Å². The zero-order valence-electron chi connectivity index (χ0n) is 6.45. The van der Waals surface area contributed by atoms with E-state index in [1.807, 2.05) is 30.1 Å². The lowest BCUT2D eigenvalue weighted by molar-refractivity contribution is -0.419. The second kappa shape index (κ2) is 3.69. The van der Waals surface area contributed by atoms with Gasteiger partial charge in [0.1, 0.15) is 13.3 Å². The van der Waals surface area contributed by atoms with Gasteiger partial charge in [-0.1, -0.05) is 0 Å². The standard InChI is InChI=1S/C9H10NO/c1-10-6-4-9(5-7-10)3-2-8-11/h2,4,6-8H,5H2,1H3/q+1. The summed E-state index contributed by atoms with van der Waals surface area (Å²) in [6, 6.07) is 0. The Balaban J connectivity index is 2.77. The van der Waals surface area contributed by atoms with E-state index in [4.69, 9.17) is 0 Å². The van der Waals surface area contributed by atoms with Crippen molar-refractivity contribution in [3.8, 4) is 0 Å². The molecule has 56 valence electrons. The Morgan fingerprint density at radius 3 is 3.09 bits per heavy atom. The topological polar surface area (TPSA) is 20.1 Å². The first kappa shape index (κ1) is 7.70. The van der Waals surface area contributed by atoms with Gasteiger partial charge in [-0.05, 0) is 0 Å². The summed E-state index contributed by atoms with van der Waals surface area (Å²) in [4.78, 5) is 9.94. The number of carbonyl (C=O) groups is 1. The molecule has 0 aromatic carbocycles. The summed E-state index contributed by atoms with van der Waals surface area (Å²) in [5.74, 6) is 0. The number of aldehydes is 1. The zero-order chi connectivity index (χ0) is 8.10. The summed E-state index contributed by atoms with van der Waals surface area (Å²) >= 11 is 0. The number of carbonyl (C=O) groups excluding carboxylic acids is 1. The van der Waals surface area contributed by atoms with Crippen LogP contribution in [0.2, 0.25) is 0 Å². The molecule has 0 aromatic heterocycles. The first-order chi connectivity index (χ1) is 5.33. The van der Waals surface area contributed by atoms with Gasteiger partial charge in [0.2, 0.25) is 0 Å². The summed E-state index contributed by atoms with van der Waals surface area (Å²) in [6.07, 6.45) is 8.88. The molecule has 11 heavy (non-hydrogen) atoms. The largest absolute Gasteiger partial charge is 0.298 e. The maximum Gasteiger partial charge on any atom is 0.169 e. The Morgan fingerprint density at radius 1 is 1.73 bits per heavy atom. The minimum absolute atomic E-state index is 0.735. The van der Waals surface area contributed by atoms with Crippen molar-refractivity contribution < 1.29 is 9.37 Å². The molecule has 0 unspecified atom stereocenters. The lowest BCUT2D eigenvalue weighted by Gasteiger charge is -1.95. The van der Waals surface area contributed by atoms with E-state index < -0.39 is 0 Å². The molecule has 0 saturated carbocycles. The van der Waals surface area contributed by atoms with Crippen LogP contribution in [0.25, 0.3) is 0 Å². The third-order valence-electron chi connectivity index (χ3n) is 1.45. The highest BCUT2D eigenvalue weighted by atomic mass is 16.1. The minimum Gasteiger partial charge on any atom is -0.298 e. The Kier molecular flexibility index (Phi) is 2.59. The van der Waals surface area contributed by atoms with E-state index in [0.717, 1.165) is 18.3 Å². The van der Waals surface area contributed by atoms with E-state index >= 15 is 0 Å². The van der Waals surface area contributed by atoms with E-state index in [1.165, 1.54) is 6.08 Å². The van der Waals surface area contributed by atoms with Crippen LogP contribution in [-0.4, -0.2) is 24.1 Å². The summed E-state index contributed by atoms with van der Waals surface area (Å²) in [6.45, 7) is 0. The van der Waals surface area contributed by atoms with Gasteiger partial charge in [0, 0.05) is 17.7 Å². The molecule has 0 saturated heterocycles. The average Bonchev–Trinajstić information content (AvgIpc) is 2.04. The smallest absolute Gasteiger partial charge is 0.169 e. The van der Waals surface area contributed by atoms with Crippen molar-refractivity contribution in [2.75, 3.05) is 7.05 Å². The van der Waals surface area contributed by atoms with Crippen molar-refractivity contribution in [3.63, 3.8) is 0 Å². The second-order valence-electron chi connectivity index (χ2n) is 2.34. The van der Waals surface area contributed by atoms with Gasteiger partial charge in [-0.25, -0.2) is 4.58 Å². The van der Waals surface area contributed by atoms with Gasteiger partial charge in [0.05, 0.1) is 6.42 Å². The Morgan fingerprint density at radius 2 is 2.55 bits per heavy atom. The Labute approximate surface area is 65.9 Å². The predicted molar refractivity (Wildman–Crippen MR) is 43.7 cm³/mol. The number of hydrogen-bond acceptors (Lipinski definition) is 1. The van der Waals surface area contributed by atoms with Gasteiger partial charge >= 0.3 is 0 Å². The molecule has 1 rings (SSSR count). The molecule has 0 amide bonds. The fourth-order valence-electron chi connectivity index (χ4n) is 0.827. The van der Waals surface area contributed by atoms with Crippen LogP contribution in [-0.2, 0) is 4.79 Å². The molecule has 0 fully saturated rings. The van der Waals surface area contributed by atoms with E-state index in [-0.39, 0.29) is 0 Å². The van der Waals surface area contributed by atoms with Gasteiger partial charge in [-0.2, -0.15) is 0 Å². The van der Waals surface area contributed by atoms with Crippen LogP contribution in [0.1, 0.15) is 6.42 Å². The van der Waals surface area contributed by atoms with Crippen LogP contribution in [0.15, 0.2) is 29.7 Å². The first-order valence-electron chi connectivity index (χ1n) is 3.46. The molecule has 0 aliphatic carbocycles. The van der Waals surface area contributed by atoms with Gasteiger partial charge in [-0.15, -0.1) is 5.73 Å². The normalized spacial score (nSPS) is 15.4. The van der Waals surface area contributed by atoms with Crippen LogP contribution in [0.5, 0.6) is 0 Å². The van der Waals surface area contributed by atoms with Gasteiger partial charge in [0.15, 0.2) is 12.5 Å². The third kappa shape index (κ3) is 2.36. The van der Waals surface area contributed by atoms with Crippen molar-refractivity contribution >= 4 is 12.5 Å². The molecule has 0 spiro atoms. The quantitative estimate of drug-likeness (QED) is 0.234. The van der Waals surface area contributed by atoms with Crippen molar-refractivity contribution in [3.05, 3.63) is 29.7 Å².